The minimum absolute atomic E-state index is 0.284. The third-order valence-electron chi connectivity index (χ3n) is 3.93. The molecule has 25 heavy (non-hydrogen) atoms. The number of hydrogen-bond acceptors (Lipinski definition) is 4. The Morgan fingerprint density at radius 1 is 1.12 bits per heavy atom. The number of H-pyrrole nitrogens is 1. The van der Waals surface area contributed by atoms with Crippen molar-refractivity contribution in [1.82, 2.24) is 20.6 Å². The number of hydrogen-bond donors (Lipinski definition) is 4. The number of amides is 4. The van der Waals surface area contributed by atoms with E-state index in [9.17, 15) is 14.4 Å². The fourth-order valence-electron chi connectivity index (χ4n) is 2.73. The largest absolute Gasteiger partial charge is 0.345 e. The maximum atomic E-state index is 12.4. The molecule has 4 amide bonds. The second-order valence-electron chi connectivity index (χ2n) is 5.61. The van der Waals surface area contributed by atoms with Crippen molar-refractivity contribution >= 4 is 34.6 Å². The van der Waals surface area contributed by atoms with Crippen molar-refractivity contribution < 1.29 is 14.4 Å². The number of imidazole rings is 1. The van der Waals surface area contributed by atoms with Gasteiger partial charge in [-0.3, -0.25) is 14.9 Å². The molecule has 124 valence electrons. The highest BCUT2D eigenvalue weighted by Gasteiger charge is 2.30. The van der Waals surface area contributed by atoms with Crippen molar-refractivity contribution in [3.05, 3.63) is 59.9 Å². The predicted octanol–water partition coefficient (Wildman–Crippen LogP) is 1.70. The smallest absolute Gasteiger partial charge is 0.322 e. The second kappa shape index (κ2) is 5.75. The number of aromatic nitrogens is 2. The van der Waals surface area contributed by atoms with E-state index in [4.69, 9.17) is 0 Å². The molecule has 1 fully saturated rings. The van der Waals surface area contributed by atoms with Gasteiger partial charge in [-0.15, -0.1) is 0 Å². The van der Waals surface area contributed by atoms with Gasteiger partial charge < -0.3 is 15.6 Å². The van der Waals surface area contributed by atoms with Crippen molar-refractivity contribution in [1.29, 1.82) is 0 Å². The highest BCUT2D eigenvalue weighted by atomic mass is 16.2. The van der Waals surface area contributed by atoms with Crippen LogP contribution >= 0.6 is 0 Å². The Morgan fingerprint density at radius 2 is 2.00 bits per heavy atom. The molecule has 0 saturated carbocycles. The van der Waals surface area contributed by atoms with E-state index in [0.717, 1.165) is 11.0 Å². The Balaban J connectivity index is 1.56. The minimum Gasteiger partial charge on any atom is -0.345 e. The summed E-state index contributed by atoms with van der Waals surface area (Å²) in [7, 11) is 0. The topological polar surface area (TPSA) is 116 Å². The summed E-state index contributed by atoms with van der Waals surface area (Å²) in [6, 6.07) is 10.7. The number of anilines is 1. The van der Waals surface area contributed by atoms with E-state index in [1.165, 1.54) is 0 Å². The zero-order valence-corrected chi connectivity index (χ0v) is 12.9. The molecule has 2 heterocycles. The van der Waals surface area contributed by atoms with Crippen molar-refractivity contribution in [2.24, 2.45) is 0 Å². The van der Waals surface area contributed by atoms with Crippen LogP contribution in [0.15, 0.2) is 48.8 Å². The third kappa shape index (κ3) is 2.80. The summed E-state index contributed by atoms with van der Waals surface area (Å²) < 4.78 is 0. The molecular formula is C17H13N5O3. The van der Waals surface area contributed by atoms with Crippen LogP contribution in [0.5, 0.6) is 0 Å². The maximum absolute atomic E-state index is 12.4. The van der Waals surface area contributed by atoms with E-state index in [1.54, 1.807) is 48.8 Å². The molecule has 4 rings (SSSR count). The lowest BCUT2D eigenvalue weighted by Gasteiger charge is -2.11. The van der Waals surface area contributed by atoms with Crippen LogP contribution in [0.3, 0.4) is 0 Å². The highest BCUT2D eigenvalue weighted by Crippen LogP contribution is 2.21. The van der Waals surface area contributed by atoms with E-state index in [2.05, 4.69) is 25.9 Å². The standard InChI is InChI=1S/C17H13N5O3/c23-15(10-4-5-12-13(7-10)19-8-18-12)20-11-3-1-2-9(6-11)14-16(24)22-17(25)21-14/h1-8,14H,(H,18,19)(H,20,23)(H2,21,22,24,25). The second-order valence-corrected chi connectivity index (χ2v) is 5.61. The van der Waals surface area contributed by atoms with Gasteiger partial charge in [0.2, 0.25) is 0 Å². The lowest BCUT2D eigenvalue weighted by molar-refractivity contribution is -0.120. The monoisotopic (exact) mass is 335 g/mol. The van der Waals surface area contributed by atoms with Crippen LogP contribution in [0.25, 0.3) is 11.0 Å². The number of rotatable bonds is 3. The molecule has 2 aromatic carbocycles. The van der Waals surface area contributed by atoms with Crippen LogP contribution < -0.4 is 16.0 Å². The number of carbonyl (C=O) groups is 3. The third-order valence-corrected chi connectivity index (χ3v) is 3.93. The Kier molecular flexibility index (Phi) is 3.42. The zero-order chi connectivity index (χ0) is 17.4. The number of aromatic amines is 1. The quantitative estimate of drug-likeness (QED) is 0.545. The SMILES string of the molecule is O=C1NC(=O)C(c2cccc(NC(=O)c3ccc4nc[nH]c4c3)c2)N1. The molecule has 3 aromatic rings. The molecule has 0 radical (unpaired) electrons. The van der Waals surface area contributed by atoms with Crippen molar-refractivity contribution in [2.45, 2.75) is 6.04 Å². The van der Waals surface area contributed by atoms with Gasteiger partial charge in [0.15, 0.2) is 0 Å². The van der Waals surface area contributed by atoms with Crippen LogP contribution in [0.2, 0.25) is 0 Å². The van der Waals surface area contributed by atoms with Gasteiger partial charge in [-0.25, -0.2) is 9.78 Å². The molecule has 4 N–H and O–H groups in total. The number of nitrogens with zero attached hydrogens (tertiary/aromatic N) is 1. The number of imide groups is 1. The number of carbonyl (C=O) groups excluding carboxylic acids is 3. The minimum atomic E-state index is -0.759. The molecule has 1 atom stereocenters. The lowest BCUT2D eigenvalue weighted by Crippen LogP contribution is -2.22. The Bertz CT molecular complexity index is 1010. The summed E-state index contributed by atoms with van der Waals surface area (Å²) in [5, 5.41) is 7.49. The van der Waals surface area contributed by atoms with Gasteiger partial charge >= 0.3 is 6.03 Å². The number of nitrogens with one attached hydrogen (secondary N) is 4. The van der Waals surface area contributed by atoms with Crippen LogP contribution in [0.4, 0.5) is 10.5 Å². The van der Waals surface area contributed by atoms with Gasteiger partial charge in [-0.1, -0.05) is 12.1 Å². The van der Waals surface area contributed by atoms with Gasteiger partial charge in [-0.2, -0.15) is 0 Å². The predicted molar refractivity (Wildman–Crippen MR) is 89.9 cm³/mol. The fraction of sp³-hybridized carbons (Fsp3) is 0.0588. The Labute approximate surface area is 141 Å². The summed E-state index contributed by atoms with van der Waals surface area (Å²) in [6.45, 7) is 0. The molecule has 0 aliphatic carbocycles. The van der Waals surface area contributed by atoms with Gasteiger partial charge in [-0.05, 0) is 35.9 Å². The molecular weight excluding hydrogens is 322 g/mol. The van der Waals surface area contributed by atoms with Crippen molar-refractivity contribution in [3.8, 4) is 0 Å². The van der Waals surface area contributed by atoms with Crippen molar-refractivity contribution in [2.75, 3.05) is 5.32 Å². The molecule has 0 spiro atoms. The van der Waals surface area contributed by atoms with Gasteiger partial charge in [0.1, 0.15) is 6.04 Å². The first kappa shape index (κ1) is 14.9. The van der Waals surface area contributed by atoms with Gasteiger partial charge in [0.05, 0.1) is 17.4 Å². The van der Waals surface area contributed by atoms with E-state index >= 15 is 0 Å². The first-order chi connectivity index (χ1) is 12.1. The normalized spacial score (nSPS) is 16.6. The van der Waals surface area contributed by atoms with Crippen LogP contribution in [0, 0.1) is 0 Å². The Morgan fingerprint density at radius 3 is 2.80 bits per heavy atom. The summed E-state index contributed by atoms with van der Waals surface area (Å²) in [4.78, 5) is 42.5. The average molecular weight is 335 g/mol. The summed E-state index contributed by atoms with van der Waals surface area (Å²) in [6.07, 6.45) is 1.57. The average Bonchev–Trinajstić information content (AvgIpc) is 3.20. The highest BCUT2D eigenvalue weighted by molar-refractivity contribution is 6.06. The molecule has 0 bridgehead atoms. The molecule has 1 saturated heterocycles. The lowest BCUT2D eigenvalue weighted by atomic mass is 10.1. The number of urea groups is 1. The maximum Gasteiger partial charge on any atom is 0.322 e. The first-order valence-electron chi connectivity index (χ1n) is 7.56. The molecule has 8 nitrogen and oxygen atoms in total. The molecule has 1 aliphatic rings. The molecule has 1 unspecified atom stereocenters. The van der Waals surface area contributed by atoms with Gasteiger partial charge in [0.25, 0.3) is 11.8 Å². The van der Waals surface area contributed by atoms with Crippen LogP contribution in [-0.4, -0.2) is 27.8 Å². The Hall–Kier alpha value is -3.68. The van der Waals surface area contributed by atoms with E-state index in [0.29, 0.717) is 16.8 Å². The van der Waals surface area contributed by atoms with E-state index < -0.39 is 18.0 Å². The van der Waals surface area contributed by atoms with Gasteiger partial charge in [0, 0.05) is 11.3 Å². The summed E-state index contributed by atoms with van der Waals surface area (Å²) in [5.41, 5.74) is 3.15. The molecule has 8 heteroatoms. The van der Waals surface area contributed by atoms with Crippen LogP contribution in [-0.2, 0) is 4.79 Å². The van der Waals surface area contributed by atoms with E-state index in [-0.39, 0.29) is 5.91 Å². The van der Waals surface area contributed by atoms with Crippen LogP contribution in [0.1, 0.15) is 22.0 Å². The molecule has 1 aliphatic heterocycles. The fourth-order valence-corrected chi connectivity index (χ4v) is 2.73. The number of fused-ring (bicyclic) bond motifs is 1. The van der Waals surface area contributed by atoms with E-state index in [1.807, 2.05) is 0 Å². The van der Waals surface area contributed by atoms with Crippen molar-refractivity contribution in [3.63, 3.8) is 0 Å². The zero-order valence-electron chi connectivity index (χ0n) is 12.9. The number of benzene rings is 2. The first-order valence-corrected chi connectivity index (χ1v) is 7.56. The molecule has 1 aromatic heterocycles. The summed E-state index contributed by atoms with van der Waals surface area (Å²) >= 11 is 0. The summed E-state index contributed by atoms with van der Waals surface area (Å²) in [5.74, 6) is -0.702.